The van der Waals surface area contributed by atoms with Crippen molar-refractivity contribution in [2.75, 3.05) is 19.0 Å². The Hall–Kier alpha value is -0.340. The number of methoxy groups -OCH3 is 1. The molecule has 0 aliphatic rings. The van der Waals surface area contributed by atoms with Gasteiger partial charge in [0.1, 0.15) is 0 Å². The number of carbonyl (C=O) groups excluding carboxylic acids is 1. The number of hydrogen-bond acceptors (Lipinski definition) is 4. The highest BCUT2D eigenvalue weighted by atomic mass is 79.9. The van der Waals surface area contributed by atoms with E-state index in [0.717, 1.165) is 18.9 Å². The molecule has 0 fully saturated rings. The molecular formula is C7H15BrN2O4S. The fourth-order valence-corrected chi connectivity index (χ4v) is 2.39. The SMILES string of the molecule is COC(=O)NS(=O)(=O)NCC(C)CCBr. The average molecular weight is 303 g/mol. The topological polar surface area (TPSA) is 84.5 Å². The van der Waals surface area contributed by atoms with E-state index in [0.29, 0.717) is 0 Å². The molecule has 0 bridgehead atoms. The molecule has 0 heterocycles. The van der Waals surface area contributed by atoms with Crippen molar-refractivity contribution < 1.29 is 17.9 Å². The lowest BCUT2D eigenvalue weighted by molar-refractivity contribution is 0.177. The Kier molecular flexibility index (Phi) is 6.86. The first-order valence-electron chi connectivity index (χ1n) is 4.32. The number of alkyl halides is 1. The van der Waals surface area contributed by atoms with Crippen LogP contribution in [0.5, 0.6) is 0 Å². The zero-order valence-electron chi connectivity index (χ0n) is 8.62. The zero-order valence-corrected chi connectivity index (χ0v) is 11.0. The lowest BCUT2D eigenvalue weighted by Crippen LogP contribution is -2.41. The van der Waals surface area contributed by atoms with E-state index in [9.17, 15) is 13.2 Å². The second kappa shape index (κ2) is 7.02. The highest BCUT2D eigenvalue weighted by Crippen LogP contribution is 2.02. The van der Waals surface area contributed by atoms with Gasteiger partial charge in [-0.25, -0.2) is 9.52 Å². The summed E-state index contributed by atoms with van der Waals surface area (Å²) < 4.78 is 30.5. The summed E-state index contributed by atoms with van der Waals surface area (Å²) in [6.07, 6.45) is -0.156. The first-order chi connectivity index (χ1) is 6.91. The average Bonchev–Trinajstić information content (AvgIpc) is 2.15. The van der Waals surface area contributed by atoms with Crippen LogP contribution in [0.15, 0.2) is 0 Å². The van der Waals surface area contributed by atoms with Crippen LogP contribution in [0.25, 0.3) is 0 Å². The van der Waals surface area contributed by atoms with Crippen LogP contribution in [-0.4, -0.2) is 33.5 Å². The van der Waals surface area contributed by atoms with E-state index in [4.69, 9.17) is 0 Å². The van der Waals surface area contributed by atoms with Gasteiger partial charge in [0.05, 0.1) is 7.11 Å². The molecule has 1 atom stereocenters. The molecule has 1 unspecified atom stereocenters. The number of nitrogens with one attached hydrogen (secondary N) is 2. The summed E-state index contributed by atoms with van der Waals surface area (Å²) in [4.78, 5) is 10.6. The van der Waals surface area contributed by atoms with Crippen LogP contribution in [-0.2, 0) is 14.9 Å². The van der Waals surface area contributed by atoms with Gasteiger partial charge in [0.25, 0.3) is 0 Å². The van der Waals surface area contributed by atoms with Gasteiger partial charge < -0.3 is 4.74 Å². The van der Waals surface area contributed by atoms with Crippen molar-refractivity contribution in [3.05, 3.63) is 0 Å². The van der Waals surface area contributed by atoms with Gasteiger partial charge in [-0.05, 0) is 12.3 Å². The molecule has 0 rings (SSSR count). The first kappa shape index (κ1) is 14.7. The van der Waals surface area contributed by atoms with Crippen molar-refractivity contribution >= 4 is 32.2 Å². The quantitative estimate of drug-likeness (QED) is 0.704. The molecule has 15 heavy (non-hydrogen) atoms. The predicted molar refractivity (Wildman–Crippen MR) is 60.0 cm³/mol. The van der Waals surface area contributed by atoms with E-state index in [2.05, 4.69) is 25.4 Å². The smallest absolute Gasteiger partial charge is 0.421 e. The molecule has 0 aliphatic heterocycles. The van der Waals surface area contributed by atoms with Crippen LogP contribution in [0, 0.1) is 5.92 Å². The van der Waals surface area contributed by atoms with E-state index in [-0.39, 0.29) is 12.5 Å². The fraction of sp³-hybridized carbons (Fsp3) is 0.857. The minimum atomic E-state index is -3.80. The molecule has 0 aliphatic carbocycles. The van der Waals surface area contributed by atoms with Crippen LogP contribution in [0.3, 0.4) is 0 Å². The molecule has 0 aromatic heterocycles. The highest BCUT2D eigenvalue weighted by molar-refractivity contribution is 9.09. The third kappa shape index (κ3) is 7.57. The number of rotatable bonds is 6. The Morgan fingerprint density at radius 3 is 2.60 bits per heavy atom. The third-order valence-electron chi connectivity index (χ3n) is 1.63. The Bertz CT molecular complexity index is 293. The van der Waals surface area contributed by atoms with Crippen LogP contribution in [0.1, 0.15) is 13.3 Å². The molecule has 0 saturated carbocycles. The molecule has 0 radical (unpaired) electrons. The lowest BCUT2D eigenvalue weighted by Gasteiger charge is -2.11. The Morgan fingerprint density at radius 2 is 2.13 bits per heavy atom. The molecule has 0 aromatic rings. The van der Waals surface area contributed by atoms with Gasteiger partial charge in [-0.2, -0.15) is 13.1 Å². The van der Waals surface area contributed by atoms with Gasteiger partial charge in [-0.15, -0.1) is 0 Å². The van der Waals surface area contributed by atoms with Crippen LogP contribution in [0.2, 0.25) is 0 Å². The van der Waals surface area contributed by atoms with Crippen LogP contribution >= 0.6 is 15.9 Å². The molecule has 90 valence electrons. The van der Waals surface area contributed by atoms with Crippen LogP contribution in [0.4, 0.5) is 4.79 Å². The second-order valence-electron chi connectivity index (χ2n) is 3.03. The van der Waals surface area contributed by atoms with E-state index in [1.54, 1.807) is 4.72 Å². The van der Waals surface area contributed by atoms with Gasteiger partial charge in [0.15, 0.2) is 0 Å². The van der Waals surface area contributed by atoms with E-state index >= 15 is 0 Å². The first-order valence-corrected chi connectivity index (χ1v) is 6.93. The fourth-order valence-electron chi connectivity index (χ4n) is 0.728. The van der Waals surface area contributed by atoms with Crippen molar-refractivity contribution in [3.8, 4) is 0 Å². The molecule has 2 N–H and O–H groups in total. The maximum absolute atomic E-state index is 11.2. The molecule has 8 heteroatoms. The molecule has 6 nitrogen and oxygen atoms in total. The van der Waals surface area contributed by atoms with E-state index in [1.165, 1.54) is 0 Å². The molecule has 1 amide bonds. The van der Waals surface area contributed by atoms with E-state index < -0.39 is 16.3 Å². The summed E-state index contributed by atoms with van der Waals surface area (Å²) in [5.74, 6) is 0.193. The van der Waals surface area contributed by atoms with Crippen molar-refractivity contribution in [1.82, 2.24) is 9.44 Å². The number of amides is 1. The van der Waals surface area contributed by atoms with Crippen LogP contribution < -0.4 is 9.44 Å². The van der Waals surface area contributed by atoms with E-state index in [1.807, 2.05) is 6.92 Å². The third-order valence-corrected chi connectivity index (χ3v) is 3.07. The molecule has 0 aromatic carbocycles. The van der Waals surface area contributed by atoms with Gasteiger partial charge in [0, 0.05) is 11.9 Å². The van der Waals surface area contributed by atoms with Gasteiger partial charge in [-0.1, -0.05) is 22.9 Å². The summed E-state index contributed by atoms with van der Waals surface area (Å²) in [7, 11) is -2.70. The van der Waals surface area contributed by atoms with Gasteiger partial charge in [-0.3, -0.25) is 0 Å². The summed E-state index contributed by atoms with van der Waals surface area (Å²) >= 11 is 3.25. The lowest BCUT2D eigenvalue weighted by atomic mass is 10.1. The van der Waals surface area contributed by atoms with Crippen molar-refractivity contribution in [2.45, 2.75) is 13.3 Å². The Labute approximate surface area is 98.1 Å². The predicted octanol–water partition coefficient (Wildman–Crippen LogP) is 0.598. The summed E-state index contributed by atoms with van der Waals surface area (Å²) in [6, 6.07) is 0. The number of carbonyl (C=O) groups is 1. The molecule has 0 saturated heterocycles. The summed E-state index contributed by atoms with van der Waals surface area (Å²) in [5.41, 5.74) is 0. The number of hydrogen-bond donors (Lipinski definition) is 2. The summed E-state index contributed by atoms with van der Waals surface area (Å²) in [6.45, 7) is 2.18. The van der Waals surface area contributed by atoms with Crippen molar-refractivity contribution in [1.29, 1.82) is 0 Å². The minimum Gasteiger partial charge on any atom is -0.452 e. The van der Waals surface area contributed by atoms with Gasteiger partial charge in [0.2, 0.25) is 0 Å². The summed E-state index contributed by atoms with van der Waals surface area (Å²) in [5, 5.41) is 0.806. The molecular weight excluding hydrogens is 288 g/mol. The van der Waals surface area contributed by atoms with Gasteiger partial charge >= 0.3 is 16.3 Å². The maximum atomic E-state index is 11.2. The minimum absolute atomic E-state index is 0.193. The largest absolute Gasteiger partial charge is 0.452 e. The standard InChI is InChI=1S/C7H15BrN2O4S/c1-6(3-4-8)5-9-15(12,13)10-7(11)14-2/h6,9H,3-5H2,1-2H3,(H,10,11). The monoisotopic (exact) mass is 302 g/mol. The Balaban J connectivity index is 3.99. The number of halogens is 1. The van der Waals surface area contributed by atoms with Crippen molar-refractivity contribution in [2.24, 2.45) is 5.92 Å². The van der Waals surface area contributed by atoms with Crippen molar-refractivity contribution in [3.63, 3.8) is 0 Å². The number of ether oxygens (including phenoxy) is 1. The Morgan fingerprint density at radius 1 is 1.53 bits per heavy atom. The highest BCUT2D eigenvalue weighted by Gasteiger charge is 2.14. The zero-order chi connectivity index (χ0) is 11.9. The molecule has 0 spiro atoms. The normalized spacial score (nSPS) is 13.3. The second-order valence-corrected chi connectivity index (χ2v) is 5.32. The maximum Gasteiger partial charge on any atom is 0.421 e.